The Morgan fingerprint density at radius 3 is 2.74 bits per heavy atom. The first-order valence-electron chi connectivity index (χ1n) is 6.30. The summed E-state index contributed by atoms with van der Waals surface area (Å²) in [5.74, 6) is -0.196. The Bertz CT molecular complexity index is 511. The summed E-state index contributed by atoms with van der Waals surface area (Å²) >= 11 is 1.67. The Balaban J connectivity index is 2.14. The van der Waals surface area contributed by atoms with E-state index in [9.17, 15) is 4.39 Å². The summed E-state index contributed by atoms with van der Waals surface area (Å²) in [6.07, 6.45) is 0. The van der Waals surface area contributed by atoms with Gasteiger partial charge in [-0.1, -0.05) is 12.1 Å². The third-order valence-corrected chi connectivity index (χ3v) is 3.88. The normalized spacial score (nSPS) is 14.6. The van der Waals surface area contributed by atoms with Gasteiger partial charge in [-0.3, -0.25) is 4.90 Å². The molecule has 2 N–H and O–H groups in total. The summed E-state index contributed by atoms with van der Waals surface area (Å²) in [5.41, 5.74) is 8.28. The number of hydrogen-bond donors (Lipinski definition) is 1. The maximum atomic E-state index is 13.2. The van der Waals surface area contributed by atoms with E-state index in [1.54, 1.807) is 23.5 Å². The third-order valence-electron chi connectivity index (χ3n) is 3.18. The molecule has 0 aliphatic rings. The van der Waals surface area contributed by atoms with Gasteiger partial charge in [0.25, 0.3) is 0 Å². The standard InChI is InChI=1S/C15H19FN2S/c1-11(17)15(13-6-7-19-10-13)18(2)9-12-4-3-5-14(16)8-12/h3-8,10-11,15H,9,17H2,1-2H3. The van der Waals surface area contributed by atoms with Crippen molar-refractivity contribution >= 4 is 11.3 Å². The smallest absolute Gasteiger partial charge is 0.123 e. The van der Waals surface area contributed by atoms with Gasteiger partial charge in [0.15, 0.2) is 0 Å². The van der Waals surface area contributed by atoms with Gasteiger partial charge in [0, 0.05) is 12.6 Å². The second-order valence-corrected chi connectivity index (χ2v) is 5.69. The summed E-state index contributed by atoms with van der Waals surface area (Å²) in [6.45, 7) is 2.68. The fourth-order valence-electron chi connectivity index (χ4n) is 2.42. The van der Waals surface area contributed by atoms with Crippen molar-refractivity contribution in [2.45, 2.75) is 25.6 Å². The van der Waals surface area contributed by atoms with Crippen LogP contribution in [-0.2, 0) is 6.54 Å². The number of halogens is 1. The molecule has 1 aromatic heterocycles. The number of thiophene rings is 1. The maximum absolute atomic E-state index is 13.2. The zero-order valence-corrected chi connectivity index (χ0v) is 12.0. The summed E-state index contributed by atoms with van der Waals surface area (Å²) in [6, 6.07) is 8.98. The van der Waals surface area contributed by atoms with Crippen molar-refractivity contribution in [2.75, 3.05) is 7.05 Å². The van der Waals surface area contributed by atoms with E-state index in [1.807, 2.05) is 20.0 Å². The van der Waals surface area contributed by atoms with Crippen LogP contribution in [0.5, 0.6) is 0 Å². The van der Waals surface area contributed by atoms with Crippen molar-refractivity contribution in [3.63, 3.8) is 0 Å². The maximum Gasteiger partial charge on any atom is 0.123 e. The molecule has 0 bridgehead atoms. The van der Waals surface area contributed by atoms with Gasteiger partial charge >= 0.3 is 0 Å². The molecule has 19 heavy (non-hydrogen) atoms. The van der Waals surface area contributed by atoms with Crippen LogP contribution in [0.15, 0.2) is 41.1 Å². The van der Waals surface area contributed by atoms with Gasteiger partial charge in [-0.15, -0.1) is 0 Å². The zero-order chi connectivity index (χ0) is 13.8. The molecule has 1 heterocycles. The third kappa shape index (κ3) is 3.62. The summed E-state index contributed by atoms with van der Waals surface area (Å²) in [4.78, 5) is 2.17. The SMILES string of the molecule is CC(N)C(c1ccsc1)N(C)Cc1cccc(F)c1. The molecule has 0 saturated carbocycles. The predicted octanol–water partition coefficient (Wildman–Crippen LogP) is 3.41. The molecule has 102 valence electrons. The van der Waals surface area contributed by atoms with E-state index in [4.69, 9.17) is 5.73 Å². The Labute approximate surface area is 117 Å². The molecular formula is C15H19FN2S. The van der Waals surface area contributed by atoms with Crippen LogP contribution < -0.4 is 5.73 Å². The van der Waals surface area contributed by atoms with E-state index in [0.717, 1.165) is 5.56 Å². The lowest BCUT2D eigenvalue weighted by Crippen LogP contribution is -2.36. The molecule has 1 aromatic carbocycles. The Kier molecular flexibility index (Phi) is 4.69. The Morgan fingerprint density at radius 1 is 1.37 bits per heavy atom. The lowest BCUT2D eigenvalue weighted by atomic mass is 10.0. The molecule has 0 radical (unpaired) electrons. The van der Waals surface area contributed by atoms with E-state index >= 15 is 0 Å². The molecule has 0 aliphatic heterocycles. The van der Waals surface area contributed by atoms with Crippen LogP contribution in [0.1, 0.15) is 24.1 Å². The number of rotatable bonds is 5. The van der Waals surface area contributed by atoms with Crippen molar-refractivity contribution < 1.29 is 4.39 Å². The van der Waals surface area contributed by atoms with Gasteiger partial charge in [0.1, 0.15) is 5.82 Å². The fourth-order valence-corrected chi connectivity index (χ4v) is 3.11. The molecule has 2 aromatic rings. The minimum Gasteiger partial charge on any atom is -0.326 e. The molecule has 0 fully saturated rings. The minimum atomic E-state index is -0.196. The number of likely N-dealkylation sites (N-methyl/N-ethyl adjacent to an activating group) is 1. The molecular weight excluding hydrogens is 259 g/mol. The molecule has 2 rings (SSSR count). The largest absolute Gasteiger partial charge is 0.326 e. The molecule has 2 unspecified atom stereocenters. The number of hydrogen-bond acceptors (Lipinski definition) is 3. The summed E-state index contributed by atoms with van der Waals surface area (Å²) in [7, 11) is 2.02. The minimum absolute atomic E-state index is 0.0214. The van der Waals surface area contributed by atoms with E-state index in [2.05, 4.69) is 21.7 Å². The Hall–Kier alpha value is -1.23. The van der Waals surface area contributed by atoms with Crippen LogP contribution in [0, 0.1) is 5.82 Å². The molecule has 4 heteroatoms. The number of nitrogens with two attached hydrogens (primary N) is 1. The van der Waals surface area contributed by atoms with Crippen LogP contribution in [0.4, 0.5) is 4.39 Å². The van der Waals surface area contributed by atoms with E-state index in [1.165, 1.54) is 11.6 Å². The van der Waals surface area contributed by atoms with Gasteiger partial charge in [-0.25, -0.2) is 4.39 Å². The summed E-state index contributed by atoms with van der Waals surface area (Å²) < 4.78 is 13.2. The van der Waals surface area contributed by atoms with Gasteiger partial charge in [-0.05, 0) is 54.1 Å². The van der Waals surface area contributed by atoms with Crippen molar-refractivity contribution in [3.8, 4) is 0 Å². The molecule has 2 nitrogen and oxygen atoms in total. The highest BCUT2D eigenvalue weighted by Crippen LogP contribution is 2.25. The first-order chi connectivity index (χ1) is 9.08. The lowest BCUT2D eigenvalue weighted by molar-refractivity contribution is 0.211. The van der Waals surface area contributed by atoms with Gasteiger partial charge < -0.3 is 5.73 Å². The van der Waals surface area contributed by atoms with Crippen LogP contribution in [0.2, 0.25) is 0 Å². The molecule has 2 atom stereocenters. The lowest BCUT2D eigenvalue weighted by Gasteiger charge is -2.30. The van der Waals surface area contributed by atoms with Gasteiger partial charge in [-0.2, -0.15) is 11.3 Å². The highest BCUT2D eigenvalue weighted by atomic mass is 32.1. The van der Waals surface area contributed by atoms with Crippen molar-refractivity contribution in [3.05, 3.63) is 58.0 Å². The van der Waals surface area contributed by atoms with Crippen LogP contribution in [0.3, 0.4) is 0 Å². The predicted molar refractivity (Wildman–Crippen MR) is 78.6 cm³/mol. The van der Waals surface area contributed by atoms with E-state index in [-0.39, 0.29) is 17.9 Å². The topological polar surface area (TPSA) is 29.3 Å². The molecule has 0 aliphatic carbocycles. The highest BCUT2D eigenvalue weighted by Gasteiger charge is 2.21. The second-order valence-electron chi connectivity index (χ2n) is 4.91. The fraction of sp³-hybridized carbons (Fsp3) is 0.333. The summed E-state index contributed by atoms with van der Waals surface area (Å²) in [5, 5.41) is 4.18. The first kappa shape index (κ1) is 14.2. The van der Waals surface area contributed by atoms with Crippen molar-refractivity contribution in [1.82, 2.24) is 4.90 Å². The highest BCUT2D eigenvalue weighted by molar-refractivity contribution is 7.07. The molecule has 0 spiro atoms. The monoisotopic (exact) mass is 278 g/mol. The quantitative estimate of drug-likeness (QED) is 0.908. The second kappa shape index (κ2) is 6.28. The van der Waals surface area contributed by atoms with Crippen LogP contribution in [-0.4, -0.2) is 18.0 Å². The Morgan fingerprint density at radius 2 is 2.16 bits per heavy atom. The van der Waals surface area contributed by atoms with E-state index < -0.39 is 0 Å². The van der Waals surface area contributed by atoms with Crippen LogP contribution >= 0.6 is 11.3 Å². The molecule has 0 saturated heterocycles. The number of benzene rings is 1. The average Bonchev–Trinajstić information content (AvgIpc) is 2.82. The van der Waals surface area contributed by atoms with E-state index in [0.29, 0.717) is 6.54 Å². The number of nitrogens with zero attached hydrogens (tertiary/aromatic N) is 1. The zero-order valence-electron chi connectivity index (χ0n) is 11.2. The molecule has 0 amide bonds. The first-order valence-corrected chi connectivity index (χ1v) is 7.24. The van der Waals surface area contributed by atoms with Crippen LogP contribution in [0.25, 0.3) is 0 Å². The van der Waals surface area contributed by atoms with Gasteiger partial charge in [0.2, 0.25) is 0 Å². The van der Waals surface area contributed by atoms with Gasteiger partial charge in [0.05, 0.1) is 6.04 Å². The van der Waals surface area contributed by atoms with Crippen molar-refractivity contribution in [2.24, 2.45) is 5.73 Å². The average molecular weight is 278 g/mol. The van der Waals surface area contributed by atoms with Crippen molar-refractivity contribution in [1.29, 1.82) is 0 Å².